The molecular formula is C24H25F2N5O3S. The van der Waals surface area contributed by atoms with E-state index in [0.29, 0.717) is 17.8 Å². The second-order valence-electron chi connectivity index (χ2n) is 9.03. The van der Waals surface area contributed by atoms with Crippen LogP contribution in [0.2, 0.25) is 0 Å². The van der Waals surface area contributed by atoms with Crippen LogP contribution in [0.4, 0.5) is 20.4 Å². The van der Waals surface area contributed by atoms with Crippen LogP contribution in [0.3, 0.4) is 0 Å². The van der Waals surface area contributed by atoms with E-state index in [9.17, 15) is 22.0 Å². The van der Waals surface area contributed by atoms with Crippen LogP contribution >= 0.6 is 0 Å². The van der Waals surface area contributed by atoms with Gasteiger partial charge in [-0.3, -0.25) is 4.79 Å². The molecule has 1 unspecified atom stereocenters. The Hall–Kier alpha value is -3.60. The lowest BCUT2D eigenvalue weighted by molar-refractivity contribution is 0.0981. The van der Waals surface area contributed by atoms with Crippen LogP contribution < -0.4 is 15.4 Å². The van der Waals surface area contributed by atoms with E-state index in [1.54, 1.807) is 0 Å². The van der Waals surface area contributed by atoms with E-state index in [4.69, 9.17) is 5.73 Å². The molecular weight excluding hydrogens is 476 g/mol. The highest BCUT2D eigenvalue weighted by atomic mass is 32.2. The quantitative estimate of drug-likeness (QED) is 0.547. The van der Waals surface area contributed by atoms with Gasteiger partial charge in [0.2, 0.25) is 0 Å². The summed E-state index contributed by atoms with van der Waals surface area (Å²) < 4.78 is 54.9. The predicted molar refractivity (Wildman–Crippen MR) is 128 cm³/mol. The van der Waals surface area contributed by atoms with Crippen molar-refractivity contribution in [2.24, 2.45) is 5.92 Å². The number of nitrogens with one attached hydrogen (secondary N) is 1. The first-order valence-corrected chi connectivity index (χ1v) is 12.4. The lowest BCUT2D eigenvalue weighted by Gasteiger charge is -2.36. The first kappa shape index (κ1) is 24.5. The van der Waals surface area contributed by atoms with E-state index in [1.807, 2.05) is 23.5 Å². The summed E-state index contributed by atoms with van der Waals surface area (Å²) in [7, 11) is -4.31. The minimum Gasteiger partial charge on any atom is -0.384 e. The molecule has 8 nitrogen and oxygen atoms in total. The Bertz CT molecular complexity index is 1410. The maximum absolute atomic E-state index is 13.9. The average molecular weight is 502 g/mol. The van der Waals surface area contributed by atoms with E-state index in [0.717, 1.165) is 18.6 Å². The third-order valence-electron chi connectivity index (χ3n) is 6.53. The van der Waals surface area contributed by atoms with Gasteiger partial charge in [0.05, 0.1) is 11.3 Å². The number of pyridine rings is 2. The van der Waals surface area contributed by atoms with Gasteiger partial charge in [0.15, 0.2) is 16.7 Å². The molecule has 1 aliphatic heterocycles. The fraction of sp³-hybridized carbons (Fsp3) is 0.292. The Labute approximate surface area is 202 Å². The molecule has 3 heterocycles. The number of halogens is 2. The Kier molecular flexibility index (Phi) is 6.22. The molecule has 1 aliphatic rings. The number of sulfonamides is 1. The van der Waals surface area contributed by atoms with Crippen LogP contribution in [0.15, 0.2) is 53.6 Å². The number of benzene rings is 1. The smallest absolute Gasteiger partial charge is 0.281 e. The lowest BCUT2D eigenvalue weighted by atomic mass is 9.90. The number of carbonyl (C=O) groups is 1. The number of nitrogens with zero attached hydrogens (tertiary/aromatic N) is 3. The molecule has 184 valence electrons. The second-order valence-corrected chi connectivity index (χ2v) is 10.7. The fourth-order valence-electron chi connectivity index (χ4n) is 4.07. The molecule has 1 fully saturated rings. The number of nitrogens with two attached hydrogens (primary N) is 1. The third-order valence-corrected chi connectivity index (χ3v) is 7.76. The highest BCUT2D eigenvalue weighted by Crippen LogP contribution is 2.39. The van der Waals surface area contributed by atoms with Gasteiger partial charge in [-0.15, -0.1) is 0 Å². The zero-order valence-electron chi connectivity index (χ0n) is 19.4. The standard InChI is InChI=1S/C24H25F2N5O3S/c1-14-11-12-31(24(14,2)3)22-16(8-10-19(28-22)15-7-9-17(25)18(26)13-15)23(32)30-35(33,34)21-6-4-5-20(27)29-21/h4-10,13-14H,11-12H2,1-3H3,(H2,27,29)(H,30,32). The molecule has 2 aromatic heterocycles. The molecule has 0 saturated carbocycles. The van der Waals surface area contributed by atoms with Gasteiger partial charge in [-0.25, -0.2) is 23.5 Å². The van der Waals surface area contributed by atoms with E-state index in [2.05, 4.69) is 16.9 Å². The summed E-state index contributed by atoms with van der Waals surface area (Å²) in [4.78, 5) is 23.5. The van der Waals surface area contributed by atoms with Gasteiger partial charge in [-0.05, 0) is 68.7 Å². The van der Waals surface area contributed by atoms with Crippen molar-refractivity contribution in [3.05, 3.63) is 65.7 Å². The van der Waals surface area contributed by atoms with E-state index < -0.39 is 38.1 Å². The zero-order valence-corrected chi connectivity index (χ0v) is 20.2. The highest BCUT2D eigenvalue weighted by molar-refractivity contribution is 7.90. The summed E-state index contributed by atoms with van der Waals surface area (Å²) in [5, 5.41) is -0.395. The van der Waals surface area contributed by atoms with Crippen LogP contribution in [-0.2, 0) is 10.0 Å². The minimum absolute atomic E-state index is 0.00799. The molecule has 11 heteroatoms. The molecule has 0 bridgehead atoms. The molecule has 3 N–H and O–H groups in total. The number of anilines is 2. The van der Waals surface area contributed by atoms with Crippen LogP contribution in [0.1, 0.15) is 37.6 Å². The van der Waals surface area contributed by atoms with Crippen molar-refractivity contribution in [1.29, 1.82) is 0 Å². The van der Waals surface area contributed by atoms with E-state index >= 15 is 0 Å². The number of hydrogen-bond donors (Lipinski definition) is 2. The maximum Gasteiger partial charge on any atom is 0.281 e. The van der Waals surface area contributed by atoms with Crippen LogP contribution in [0.5, 0.6) is 0 Å². The van der Waals surface area contributed by atoms with Gasteiger partial charge in [-0.1, -0.05) is 13.0 Å². The van der Waals surface area contributed by atoms with Gasteiger partial charge < -0.3 is 10.6 Å². The topological polar surface area (TPSA) is 118 Å². The zero-order chi connectivity index (χ0) is 25.5. The number of carbonyl (C=O) groups excluding carboxylic acids is 1. The van der Waals surface area contributed by atoms with E-state index in [-0.39, 0.29) is 23.1 Å². The van der Waals surface area contributed by atoms with Crippen molar-refractivity contribution >= 4 is 27.6 Å². The average Bonchev–Trinajstić information content (AvgIpc) is 3.07. The number of rotatable bonds is 5. The minimum atomic E-state index is -4.31. The monoisotopic (exact) mass is 501 g/mol. The molecule has 1 saturated heterocycles. The molecule has 1 aromatic carbocycles. The van der Waals surface area contributed by atoms with Gasteiger partial charge in [0.1, 0.15) is 11.6 Å². The fourth-order valence-corrected chi connectivity index (χ4v) is 5.01. The Morgan fingerprint density at radius 1 is 1.11 bits per heavy atom. The molecule has 3 aromatic rings. The summed E-state index contributed by atoms with van der Waals surface area (Å²) in [6, 6.07) is 10.4. The summed E-state index contributed by atoms with van der Waals surface area (Å²) >= 11 is 0. The van der Waals surface area contributed by atoms with Crippen LogP contribution in [-0.4, -0.2) is 36.4 Å². The Balaban J connectivity index is 1.78. The maximum atomic E-state index is 13.9. The predicted octanol–water partition coefficient (Wildman–Crippen LogP) is 3.75. The lowest BCUT2D eigenvalue weighted by Crippen LogP contribution is -2.43. The molecule has 1 atom stereocenters. The SMILES string of the molecule is CC1CCN(c2nc(-c3ccc(F)c(F)c3)ccc2C(=O)NS(=O)(=O)c2cccc(N)n2)C1(C)C. The largest absolute Gasteiger partial charge is 0.384 e. The summed E-state index contributed by atoms with van der Waals surface area (Å²) in [6.07, 6.45) is 0.830. The van der Waals surface area contributed by atoms with Crippen LogP contribution in [0, 0.1) is 17.6 Å². The molecule has 0 radical (unpaired) electrons. The normalized spacial score (nSPS) is 17.4. The summed E-state index contributed by atoms with van der Waals surface area (Å²) in [5.74, 6) is -2.42. The van der Waals surface area contributed by atoms with Crippen molar-refractivity contribution in [1.82, 2.24) is 14.7 Å². The number of amides is 1. The van der Waals surface area contributed by atoms with Crippen molar-refractivity contribution in [3.63, 3.8) is 0 Å². The summed E-state index contributed by atoms with van der Waals surface area (Å²) in [6.45, 7) is 6.67. The summed E-state index contributed by atoms with van der Waals surface area (Å²) in [5.41, 5.74) is 5.83. The highest BCUT2D eigenvalue weighted by Gasteiger charge is 2.41. The van der Waals surface area contributed by atoms with Gasteiger partial charge in [0.25, 0.3) is 15.9 Å². The van der Waals surface area contributed by atoms with Crippen LogP contribution in [0.25, 0.3) is 11.3 Å². The molecule has 0 aliphatic carbocycles. The van der Waals surface area contributed by atoms with Crippen molar-refractivity contribution in [3.8, 4) is 11.3 Å². The first-order valence-electron chi connectivity index (χ1n) is 10.9. The van der Waals surface area contributed by atoms with Crippen molar-refractivity contribution in [2.45, 2.75) is 37.8 Å². The van der Waals surface area contributed by atoms with Gasteiger partial charge in [-0.2, -0.15) is 8.42 Å². The number of aromatic nitrogens is 2. The number of hydrogen-bond acceptors (Lipinski definition) is 7. The second kappa shape index (κ2) is 8.88. The molecule has 4 rings (SSSR count). The number of nitrogen functional groups attached to an aromatic ring is 1. The Morgan fingerprint density at radius 3 is 2.49 bits per heavy atom. The van der Waals surface area contributed by atoms with Crippen molar-refractivity contribution < 1.29 is 22.0 Å². The first-order chi connectivity index (χ1) is 16.4. The molecule has 35 heavy (non-hydrogen) atoms. The molecule has 0 spiro atoms. The third kappa shape index (κ3) is 4.68. The molecule has 1 amide bonds. The van der Waals surface area contributed by atoms with E-state index in [1.165, 1.54) is 36.4 Å². The van der Waals surface area contributed by atoms with Gasteiger partial charge >= 0.3 is 0 Å². The van der Waals surface area contributed by atoms with Crippen molar-refractivity contribution in [2.75, 3.05) is 17.2 Å². The Morgan fingerprint density at radius 2 is 1.86 bits per heavy atom. The van der Waals surface area contributed by atoms with Gasteiger partial charge in [0, 0.05) is 17.6 Å².